The molecule has 0 atom stereocenters. The average molecular weight is 220 g/mol. The van der Waals surface area contributed by atoms with Gasteiger partial charge in [0, 0.05) is 6.42 Å². The number of fused-ring (bicyclic) bond motifs is 1. The third kappa shape index (κ3) is 1.40. The van der Waals surface area contributed by atoms with Crippen molar-refractivity contribution in [3.05, 3.63) is 17.5 Å². The van der Waals surface area contributed by atoms with Crippen LogP contribution in [0, 0.1) is 5.41 Å². The van der Waals surface area contributed by atoms with E-state index in [0.717, 1.165) is 30.9 Å². The first-order valence-electron chi connectivity index (χ1n) is 5.74. The van der Waals surface area contributed by atoms with Gasteiger partial charge in [0.05, 0.1) is 36.7 Å². The first-order valence-corrected chi connectivity index (χ1v) is 5.74. The molecule has 0 aromatic carbocycles. The summed E-state index contributed by atoms with van der Waals surface area (Å²) in [5.41, 5.74) is 1.99. The molecule has 4 heteroatoms. The summed E-state index contributed by atoms with van der Waals surface area (Å²) in [5, 5.41) is 4.35. The van der Waals surface area contributed by atoms with E-state index in [-0.39, 0.29) is 11.2 Å². The standard InChI is InChI=1S/C12H16N2O2/c1-12(2)3-10-9(11(15)4-12)5-13-14(10)8-6-16-7-8/h5,8H,3-4,6-7H2,1-2H3. The molecule has 0 spiro atoms. The topological polar surface area (TPSA) is 44.1 Å². The third-order valence-corrected chi connectivity index (χ3v) is 3.45. The Morgan fingerprint density at radius 3 is 2.81 bits per heavy atom. The van der Waals surface area contributed by atoms with Gasteiger partial charge in [0.25, 0.3) is 0 Å². The van der Waals surface area contributed by atoms with E-state index in [0.29, 0.717) is 12.5 Å². The lowest BCUT2D eigenvalue weighted by Gasteiger charge is -2.33. The van der Waals surface area contributed by atoms with Crippen molar-refractivity contribution in [3.63, 3.8) is 0 Å². The van der Waals surface area contributed by atoms with E-state index < -0.39 is 0 Å². The van der Waals surface area contributed by atoms with Gasteiger partial charge in [0.1, 0.15) is 0 Å². The molecule has 86 valence electrons. The van der Waals surface area contributed by atoms with E-state index in [1.165, 1.54) is 0 Å². The molecule has 1 aliphatic heterocycles. The van der Waals surface area contributed by atoms with Crippen LogP contribution in [0.4, 0.5) is 0 Å². The van der Waals surface area contributed by atoms with Crippen molar-refractivity contribution in [3.8, 4) is 0 Å². The Morgan fingerprint density at radius 1 is 1.44 bits per heavy atom. The number of ketones is 1. The largest absolute Gasteiger partial charge is 0.377 e. The average Bonchev–Trinajstić information content (AvgIpc) is 2.44. The molecule has 1 aromatic heterocycles. The Morgan fingerprint density at radius 2 is 2.19 bits per heavy atom. The number of hydrogen-bond acceptors (Lipinski definition) is 3. The summed E-state index contributed by atoms with van der Waals surface area (Å²) < 4.78 is 7.18. The highest BCUT2D eigenvalue weighted by Gasteiger charge is 2.36. The second kappa shape index (κ2) is 3.17. The number of nitrogens with zero attached hydrogens (tertiary/aromatic N) is 2. The van der Waals surface area contributed by atoms with Crippen LogP contribution in [0.1, 0.15) is 42.4 Å². The number of carbonyl (C=O) groups excluding carboxylic acids is 1. The molecule has 0 radical (unpaired) electrons. The van der Waals surface area contributed by atoms with Crippen LogP contribution in [-0.2, 0) is 11.2 Å². The predicted molar refractivity (Wildman–Crippen MR) is 58.5 cm³/mol. The highest BCUT2D eigenvalue weighted by atomic mass is 16.5. The molecule has 16 heavy (non-hydrogen) atoms. The van der Waals surface area contributed by atoms with Gasteiger partial charge in [-0.3, -0.25) is 9.48 Å². The van der Waals surface area contributed by atoms with Crippen LogP contribution < -0.4 is 0 Å². The molecule has 0 amide bonds. The van der Waals surface area contributed by atoms with Crippen LogP contribution in [0.5, 0.6) is 0 Å². The molecule has 1 aromatic rings. The van der Waals surface area contributed by atoms with Gasteiger partial charge < -0.3 is 4.74 Å². The van der Waals surface area contributed by atoms with Gasteiger partial charge >= 0.3 is 0 Å². The predicted octanol–water partition coefficient (Wildman–Crippen LogP) is 1.61. The maximum absolute atomic E-state index is 12.0. The Labute approximate surface area is 94.6 Å². The van der Waals surface area contributed by atoms with Gasteiger partial charge in [0.2, 0.25) is 0 Å². The zero-order valence-corrected chi connectivity index (χ0v) is 9.69. The molecular weight excluding hydrogens is 204 g/mol. The molecule has 1 aliphatic carbocycles. The first kappa shape index (κ1) is 10.0. The van der Waals surface area contributed by atoms with E-state index in [2.05, 4.69) is 18.9 Å². The van der Waals surface area contributed by atoms with Gasteiger partial charge in [-0.15, -0.1) is 0 Å². The number of Topliss-reactive ketones (excluding diaryl/α,β-unsaturated/α-hetero) is 1. The summed E-state index contributed by atoms with van der Waals surface area (Å²) >= 11 is 0. The maximum atomic E-state index is 12.0. The number of rotatable bonds is 1. The number of carbonyl (C=O) groups is 1. The molecule has 0 unspecified atom stereocenters. The second-order valence-corrected chi connectivity index (χ2v) is 5.58. The van der Waals surface area contributed by atoms with E-state index in [1.54, 1.807) is 6.20 Å². The Balaban J connectivity index is 2.02. The smallest absolute Gasteiger partial charge is 0.166 e. The fourth-order valence-electron chi connectivity index (χ4n) is 2.52. The summed E-state index contributed by atoms with van der Waals surface area (Å²) in [5.74, 6) is 0.234. The lowest BCUT2D eigenvalue weighted by Crippen LogP contribution is -2.35. The molecule has 2 aliphatic rings. The summed E-state index contributed by atoms with van der Waals surface area (Å²) in [7, 11) is 0. The van der Waals surface area contributed by atoms with Crippen LogP contribution in [-0.4, -0.2) is 28.8 Å². The van der Waals surface area contributed by atoms with Crippen molar-refractivity contribution in [2.75, 3.05) is 13.2 Å². The van der Waals surface area contributed by atoms with Crippen molar-refractivity contribution < 1.29 is 9.53 Å². The fourth-order valence-corrected chi connectivity index (χ4v) is 2.52. The molecule has 3 rings (SSSR count). The number of hydrogen-bond donors (Lipinski definition) is 0. The van der Waals surface area contributed by atoms with Crippen molar-refractivity contribution in [2.24, 2.45) is 5.41 Å². The minimum atomic E-state index is 0.0620. The zero-order valence-electron chi connectivity index (χ0n) is 9.69. The molecule has 4 nitrogen and oxygen atoms in total. The normalized spacial score (nSPS) is 24.0. The molecule has 0 bridgehead atoms. The molecule has 0 saturated carbocycles. The maximum Gasteiger partial charge on any atom is 0.166 e. The summed E-state index contributed by atoms with van der Waals surface area (Å²) in [4.78, 5) is 12.0. The summed E-state index contributed by atoms with van der Waals surface area (Å²) in [6.45, 7) is 5.73. The Kier molecular flexibility index (Phi) is 1.98. The summed E-state index contributed by atoms with van der Waals surface area (Å²) in [6.07, 6.45) is 3.29. The van der Waals surface area contributed by atoms with Gasteiger partial charge in [-0.1, -0.05) is 13.8 Å². The third-order valence-electron chi connectivity index (χ3n) is 3.45. The van der Waals surface area contributed by atoms with Crippen molar-refractivity contribution in [1.82, 2.24) is 9.78 Å². The van der Waals surface area contributed by atoms with Crippen LogP contribution in [0.15, 0.2) is 6.20 Å². The monoisotopic (exact) mass is 220 g/mol. The number of aromatic nitrogens is 2. The first-order chi connectivity index (χ1) is 7.57. The highest BCUT2D eigenvalue weighted by Crippen LogP contribution is 2.36. The molecule has 1 saturated heterocycles. The van der Waals surface area contributed by atoms with Crippen LogP contribution in [0.25, 0.3) is 0 Å². The molecular formula is C12H16N2O2. The van der Waals surface area contributed by atoms with Crippen LogP contribution in [0.3, 0.4) is 0 Å². The van der Waals surface area contributed by atoms with Gasteiger partial charge in [-0.05, 0) is 11.8 Å². The van der Waals surface area contributed by atoms with Crippen molar-refractivity contribution in [1.29, 1.82) is 0 Å². The molecule has 1 fully saturated rings. The van der Waals surface area contributed by atoms with Crippen molar-refractivity contribution in [2.45, 2.75) is 32.7 Å². The SMILES string of the molecule is CC1(C)CC(=O)c2cnn(C3COC3)c2C1. The van der Waals surface area contributed by atoms with E-state index in [9.17, 15) is 4.79 Å². The van der Waals surface area contributed by atoms with Crippen molar-refractivity contribution >= 4 is 5.78 Å². The number of ether oxygens (including phenoxy) is 1. The van der Waals surface area contributed by atoms with Crippen LogP contribution in [0.2, 0.25) is 0 Å². The van der Waals surface area contributed by atoms with Gasteiger partial charge in [-0.25, -0.2) is 0 Å². The fraction of sp³-hybridized carbons (Fsp3) is 0.667. The van der Waals surface area contributed by atoms with E-state index in [1.807, 2.05) is 4.68 Å². The minimum Gasteiger partial charge on any atom is -0.377 e. The minimum absolute atomic E-state index is 0.0620. The van der Waals surface area contributed by atoms with Gasteiger partial charge in [-0.2, -0.15) is 5.10 Å². The lowest BCUT2D eigenvalue weighted by atomic mass is 9.76. The Bertz CT molecular complexity index is 444. The highest BCUT2D eigenvalue weighted by molar-refractivity contribution is 5.98. The molecule has 2 heterocycles. The molecule has 0 N–H and O–H groups in total. The Hall–Kier alpha value is -1.16. The van der Waals surface area contributed by atoms with Crippen LogP contribution >= 0.6 is 0 Å². The lowest BCUT2D eigenvalue weighted by molar-refractivity contribution is -0.0304. The zero-order chi connectivity index (χ0) is 11.3. The quantitative estimate of drug-likeness (QED) is 0.722. The van der Waals surface area contributed by atoms with E-state index >= 15 is 0 Å². The second-order valence-electron chi connectivity index (χ2n) is 5.58. The summed E-state index contributed by atoms with van der Waals surface area (Å²) in [6, 6.07) is 0.338. The van der Waals surface area contributed by atoms with E-state index in [4.69, 9.17) is 4.74 Å². The van der Waals surface area contributed by atoms with Gasteiger partial charge in [0.15, 0.2) is 5.78 Å².